The lowest BCUT2D eigenvalue weighted by Crippen LogP contribution is -2.45. The molecular formula is C19H23NO4. The van der Waals surface area contributed by atoms with Crippen LogP contribution in [0, 0.1) is 0 Å². The Morgan fingerprint density at radius 1 is 1.12 bits per heavy atom. The maximum atomic E-state index is 11.6. The van der Waals surface area contributed by atoms with Gasteiger partial charge in [0, 0.05) is 12.1 Å². The smallest absolute Gasteiger partial charge is 0.325 e. The van der Waals surface area contributed by atoms with Crippen molar-refractivity contribution in [3.05, 3.63) is 54.1 Å². The number of carbonyl (C=O) groups excluding carboxylic acids is 1. The highest BCUT2D eigenvalue weighted by Crippen LogP contribution is 2.29. The van der Waals surface area contributed by atoms with E-state index in [1.807, 2.05) is 48.5 Å². The normalized spacial score (nSPS) is 13.2. The lowest BCUT2D eigenvalue weighted by molar-refractivity contribution is -0.145. The first kappa shape index (κ1) is 18.0. The minimum absolute atomic E-state index is 0.455. The van der Waals surface area contributed by atoms with E-state index in [4.69, 9.17) is 4.74 Å². The van der Waals surface area contributed by atoms with Crippen molar-refractivity contribution in [1.29, 1.82) is 0 Å². The van der Waals surface area contributed by atoms with E-state index >= 15 is 0 Å². The van der Waals surface area contributed by atoms with Crippen LogP contribution in [0.15, 0.2) is 48.5 Å². The minimum atomic E-state index is -0.828. The molecule has 2 N–H and O–H groups in total. The van der Waals surface area contributed by atoms with Crippen LogP contribution in [0.2, 0.25) is 0 Å². The fourth-order valence-corrected chi connectivity index (χ4v) is 2.49. The second kappa shape index (κ2) is 8.47. The topological polar surface area (TPSA) is 67.8 Å². The Labute approximate surface area is 142 Å². The Morgan fingerprint density at radius 2 is 1.79 bits per heavy atom. The SMILES string of the molecule is COC(=O)[C@@H](NCc1ccc(-c2ccccc2OC)cc1)[C@@H](C)O. The van der Waals surface area contributed by atoms with Gasteiger partial charge in [-0.2, -0.15) is 0 Å². The van der Waals surface area contributed by atoms with Gasteiger partial charge in [0.05, 0.1) is 20.3 Å². The fraction of sp³-hybridized carbons (Fsp3) is 0.316. The maximum Gasteiger partial charge on any atom is 0.325 e. The summed E-state index contributed by atoms with van der Waals surface area (Å²) < 4.78 is 10.1. The largest absolute Gasteiger partial charge is 0.496 e. The molecule has 2 atom stereocenters. The molecule has 0 radical (unpaired) electrons. The maximum absolute atomic E-state index is 11.6. The van der Waals surface area contributed by atoms with Crippen LogP contribution in [-0.4, -0.2) is 37.4 Å². The van der Waals surface area contributed by atoms with E-state index in [2.05, 4.69) is 10.1 Å². The second-order valence-corrected chi connectivity index (χ2v) is 5.52. The first-order valence-corrected chi connectivity index (χ1v) is 7.78. The van der Waals surface area contributed by atoms with Gasteiger partial charge in [0.15, 0.2) is 0 Å². The molecule has 0 spiro atoms. The molecule has 0 amide bonds. The summed E-state index contributed by atoms with van der Waals surface area (Å²) in [6.07, 6.45) is -0.828. The highest BCUT2D eigenvalue weighted by atomic mass is 16.5. The van der Waals surface area contributed by atoms with Gasteiger partial charge in [-0.3, -0.25) is 10.1 Å². The van der Waals surface area contributed by atoms with Gasteiger partial charge in [-0.1, -0.05) is 42.5 Å². The molecule has 0 aromatic heterocycles. The molecule has 2 rings (SSSR count). The van der Waals surface area contributed by atoms with Gasteiger partial charge in [-0.15, -0.1) is 0 Å². The predicted molar refractivity (Wildman–Crippen MR) is 92.8 cm³/mol. The number of rotatable bonds is 7. The monoisotopic (exact) mass is 329 g/mol. The van der Waals surface area contributed by atoms with E-state index in [-0.39, 0.29) is 0 Å². The molecule has 0 aliphatic heterocycles. The molecule has 0 fully saturated rings. The van der Waals surface area contributed by atoms with Crippen molar-refractivity contribution in [1.82, 2.24) is 5.32 Å². The number of nitrogens with one attached hydrogen (secondary N) is 1. The van der Waals surface area contributed by atoms with Crippen LogP contribution >= 0.6 is 0 Å². The van der Waals surface area contributed by atoms with Crippen LogP contribution < -0.4 is 10.1 Å². The second-order valence-electron chi connectivity index (χ2n) is 5.52. The first-order chi connectivity index (χ1) is 11.6. The Balaban J connectivity index is 2.08. The summed E-state index contributed by atoms with van der Waals surface area (Å²) in [6, 6.07) is 15.1. The van der Waals surface area contributed by atoms with Gasteiger partial charge in [-0.05, 0) is 24.1 Å². The van der Waals surface area contributed by atoms with Crippen LogP contribution in [0.5, 0.6) is 5.75 Å². The minimum Gasteiger partial charge on any atom is -0.496 e. The van der Waals surface area contributed by atoms with Crippen LogP contribution in [0.4, 0.5) is 0 Å². The number of esters is 1. The van der Waals surface area contributed by atoms with E-state index < -0.39 is 18.1 Å². The van der Waals surface area contributed by atoms with Gasteiger partial charge in [0.25, 0.3) is 0 Å². The summed E-state index contributed by atoms with van der Waals surface area (Å²) in [4.78, 5) is 11.6. The van der Waals surface area contributed by atoms with Crippen LogP contribution in [0.25, 0.3) is 11.1 Å². The van der Waals surface area contributed by atoms with Gasteiger partial charge >= 0.3 is 5.97 Å². The molecular weight excluding hydrogens is 306 g/mol. The third-order valence-corrected chi connectivity index (χ3v) is 3.84. The number of aliphatic hydroxyl groups excluding tert-OH is 1. The third kappa shape index (κ3) is 4.34. The van der Waals surface area contributed by atoms with Crippen molar-refractivity contribution >= 4 is 5.97 Å². The molecule has 2 aromatic carbocycles. The molecule has 0 aliphatic carbocycles. The number of hydrogen-bond acceptors (Lipinski definition) is 5. The number of aliphatic hydroxyl groups is 1. The molecule has 0 aliphatic rings. The summed E-state index contributed by atoms with van der Waals surface area (Å²) in [5, 5.41) is 12.7. The highest BCUT2D eigenvalue weighted by Gasteiger charge is 2.23. The molecule has 0 unspecified atom stereocenters. The van der Waals surface area contributed by atoms with E-state index in [0.29, 0.717) is 6.54 Å². The van der Waals surface area contributed by atoms with E-state index in [1.165, 1.54) is 7.11 Å². The van der Waals surface area contributed by atoms with Crippen molar-refractivity contribution in [2.24, 2.45) is 0 Å². The number of para-hydroxylation sites is 1. The van der Waals surface area contributed by atoms with Gasteiger partial charge < -0.3 is 14.6 Å². The number of benzene rings is 2. The Morgan fingerprint density at radius 3 is 2.38 bits per heavy atom. The van der Waals surface area contributed by atoms with E-state index in [0.717, 1.165) is 22.4 Å². The summed E-state index contributed by atoms with van der Waals surface area (Å²) in [5.41, 5.74) is 3.08. The Bertz CT molecular complexity index is 667. The lowest BCUT2D eigenvalue weighted by Gasteiger charge is -2.19. The molecule has 0 saturated carbocycles. The number of ether oxygens (including phenoxy) is 2. The van der Waals surface area contributed by atoms with Crippen LogP contribution in [0.3, 0.4) is 0 Å². The third-order valence-electron chi connectivity index (χ3n) is 3.84. The van der Waals surface area contributed by atoms with Crippen LogP contribution in [0.1, 0.15) is 12.5 Å². The quantitative estimate of drug-likeness (QED) is 0.764. The number of hydrogen-bond donors (Lipinski definition) is 2. The number of carbonyl (C=O) groups is 1. The zero-order valence-electron chi connectivity index (χ0n) is 14.2. The summed E-state index contributed by atoms with van der Waals surface area (Å²) in [7, 11) is 2.96. The molecule has 0 saturated heterocycles. The standard InChI is InChI=1S/C19H23NO4/c1-13(21)18(19(22)24-3)20-12-14-8-10-15(11-9-14)16-6-4-5-7-17(16)23-2/h4-11,13,18,20-21H,12H2,1-3H3/t13-,18+/m1/s1. The Hall–Kier alpha value is -2.37. The molecule has 128 valence electrons. The molecule has 2 aromatic rings. The zero-order valence-corrected chi connectivity index (χ0v) is 14.2. The van der Waals surface area contributed by atoms with Crippen molar-refractivity contribution in [3.63, 3.8) is 0 Å². The van der Waals surface area contributed by atoms with Crippen molar-refractivity contribution in [2.75, 3.05) is 14.2 Å². The van der Waals surface area contributed by atoms with Crippen LogP contribution in [-0.2, 0) is 16.1 Å². The highest BCUT2D eigenvalue weighted by molar-refractivity contribution is 5.76. The molecule has 24 heavy (non-hydrogen) atoms. The zero-order chi connectivity index (χ0) is 17.5. The number of methoxy groups -OCH3 is 2. The fourth-order valence-electron chi connectivity index (χ4n) is 2.49. The summed E-state index contributed by atoms with van der Waals surface area (Å²) in [6.45, 7) is 2.01. The molecule has 5 nitrogen and oxygen atoms in total. The van der Waals surface area contributed by atoms with Gasteiger partial charge in [0.2, 0.25) is 0 Å². The Kier molecular flexibility index (Phi) is 6.35. The van der Waals surface area contributed by atoms with E-state index in [9.17, 15) is 9.90 Å². The molecule has 5 heteroatoms. The first-order valence-electron chi connectivity index (χ1n) is 7.78. The van der Waals surface area contributed by atoms with E-state index in [1.54, 1.807) is 14.0 Å². The molecule has 0 heterocycles. The molecule has 0 bridgehead atoms. The van der Waals surface area contributed by atoms with Crippen molar-refractivity contribution in [3.8, 4) is 16.9 Å². The average Bonchev–Trinajstić information content (AvgIpc) is 2.61. The summed E-state index contributed by atoms with van der Waals surface area (Å²) >= 11 is 0. The van der Waals surface area contributed by atoms with Crippen molar-refractivity contribution in [2.45, 2.75) is 25.6 Å². The predicted octanol–water partition coefficient (Wildman–Crippen LogP) is 2.37. The van der Waals surface area contributed by atoms with Crippen molar-refractivity contribution < 1.29 is 19.4 Å². The van der Waals surface area contributed by atoms with Gasteiger partial charge in [0.1, 0.15) is 11.8 Å². The summed E-state index contributed by atoms with van der Waals surface area (Å²) in [5.74, 6) is 0.346. The van der Waals surface area contributed by atoms with Gasteiger partial charge in [-0.25, -0.2) is 0 Å². The average molecular weight is 329 g/mol. The lowest BCUT2D eigenvalue weighted by atomic mass is 10.0.